The Bertz CT molecular complexity index is 858. The SMILES string of the molecule is C#CC1(N)CC(c2ccc(-c3ccc(C#CCCO)cc3)cc2)C1.C=CNC. The largest absolute Gasteiger partial charge is 0.395 e. The normalized spacial score (nSPS) is 19.6. The lowest BCUT2D eigenvalue weighted by molar-refractivity contribution is 0.277. The molecule has 0 saturated heterocycles. The monoisotopic (exact) mass is 372 g/mol. The molecule has 0 heterocycles. The molecule has 3 rings (SSSR count). The van der Waals surface area contributed by atoms with E-state index in [1.165, 1.54) is 16.7 Å². The van der Waals surface area contributed by atoms with Gasteiger partial charge in [0.1, 0.15) is 0 Å². The highest BCUT2D eigenvalue weighted by molar-refractivity contribution is 5.64. The lowest BCUT2D eigenvalue weighted by atomic mass is 9.66. The highest BCUT2D eigenvalue weighted by Crippen LogP contribution is 2.43. The molecule has 0 aliphatic heterocycles. The van der Waals surface area contributed by atoms with Crippen molar-refractivity contribution in [3.05, 3.63) is 72.4 Å². The minimum Gasteiger partial charge on any atom is -0.395 e. The number of aliphatic hydroxyl groups excluding tert-OH is 1. The molecule has 3 heteroatoms. The molecule has 0 unspecified atom stereocenters. The van der Waals surface area contributed by atoms with Gasteiger partial charge in [-0.2, -0.15) is 0 Å². The lowest BCUT2D eigenvalue weighted by Crippen LogP contribution is -2.49. The van der Waals surface area contributed by atoms with Gasteiger partial charge < -0.3 is 16.2 Å². The van der Waals surface area contributed by atoms with Crippen LogP contribution < -0.4 is 11.1 Å². The number of benzene rings is 2. The molecular weight excluding hydrogens is 344 g/mol. The van der Waals surface area contributed by atoms with Crippen LogP contribution >= 0.6 is 0 Å². The molecule has 1 aliphatic rings. The van der Waals surface area contributed by atoms with E-state index in [4.69, 9.17) is 17.3 Å². The topological polar surface area (TPSA) is 58.3 Å². The van der Waals surface area contributed by atoms with Crippen LogP contribution in [0.1, 0.15) is 36.3 Å². The summed E-state index contributed by atoms with van der Waals surface area (Å²) in [5.41, 5.74) is 10.3. The smallest absolute Gasteiger partial charge is 0.0785 e. The van der Waals surface area contributed by atoms with Crippen molar-refractivity contribution in [2.24, 2.45) is 5.73 Å². The van der Waals surface area contributed by atoms with Crippen molar-refractivity contribution >= 4 is 0 Å². The summed E-state index contributed by atoms with van der Waals surface area (Å²) in [6, 6.07) is 16.8. The summed E-state index contributed by atoms with van der Waals surface area (Å²) in [6.07, 6.45) is 9.33. The molecule has 1 aliphatic carbocycles. The van der Waals surface area contributed by atoms with Crippen molar-refractivity contribution in [2.45, 2.75) is 30.7 Å². The zero-order valence-corrected chi connectivity index (χ0v) is 16.4. The van der Waals surface area contributed by atoms with Crippen LogP contribution in [0.15, 0.2) is 61.3 Å². The van der Waals surface area contributed by atoms with Gasteiger partial charge >= 0.3 is 0 Å². The first-order chi connectivity index (χ1) is 13.5. The van der Waals surface area contributed by atoms with Crippen molar-refractivity contribution in [3.8, 4) is 35.3 Å². The number of hydrogen-bond donors (Lipinski definition) is 3. The van der Waals surface area contributed by atoms with E-state index in [1.807, 2.05) is 19.2 Å². The summed E-state index contributed by atoms with van der Waals surface area (Å²) in [5, 5.41) is 11.4. The van der Waals surface area contributed by atoms with Gasteiger partial charge in [-0.15, -0.1) is 6.42 Å². The third-order valence-electron chi connectivity index (χ3n) is 4.78. The van der Waals surface area contributed by atoms with Crippen LogP contribution in [0, 0.1) is 24.2 Å². The molecule has 0 radical (unpaired) electrons. The maximum Gasteiger partial charge on any atom is 0.0785 e. The van der Waals surface area contributed by atoms with E-state index in [-0.39, 0.29) is 6.61 Å². The molecule has 0 spiro atoms. The molecule has 1 saturated carbocycles. The van der Waals surface area contributed by atoms with Crippen LogP contribution in [-0.4, -0.2) is 24.3 Å². The first-order valence-corrected chi connectivity index (χ1v) is 9.40. The van der Waals surface area contributed by atoms with Gasteiger partial charge in [-0.3, -0.25) is 0 Å². The Morgan fingerprint density at radius 3 is 2.18 bits per heavy atom. The average Bonchev–Trinajstić information content (AvgIpc) is 2.72. The Labute approximate surface area is 168 Å². The van der Waals surface area contributed by atoms with Crippen LogP contribution in [-0.2, 0) is 0 Å². The minimum atomic E-state index is -0.407. The summed E-state index contributed by atoms with van der Waals surface area (Å²) in [7, 11) is 1.81. The van der Waals surface area contributed by atoms with Crippen molar-refractivity contribution in [1.82, 2.24) is 5.32 Å². The van der Waals surface area contributed by atoms with E-state index in [2.05, 4.69) is 66.1 Å². The quantitative estimate of drug-likeness (QED) is 0.718. The second-order valence-electron chi connectivity index (χ2n) is 6.87. The summed E-state index contributed by atoms with van der Waals surface area (Å²) >= 11 is 0. The highest BCUT2D eigenvalue weighted by atomic mass is 16.2. The zero-order chi connectivity index (χ0) is 20.4. The van der Waals surface area contributed by atoms with Gasteiger partial charge in [-0.25, -0.2) is 0 Å². The second-order valence-corrected chi connectivity index (χ2v) is 6.87. The number of nitrogens with two attached hydrogens (primary N) is 1. The van der Waals surface area contributed by atoms with E-state index in [0.29, 0.717) is 12.3 Å². The summed E-state index contributed by atoms with van der Waals surface area (Å²) in [5.74, 6) is 9.14. The van der Waals surface area contributed by atoms with E-state index in [1.54, 1.807) is 6.20 Å². The summed E-state index contributed by atoms with van der Waals surface area (Å²) in [4.78, 5) is 0. The number of aliphatic hydroxyl groups is 1. The molecule has 0 aromatic heterocycles. The fourth-order valence-corrected chi connectivity index (χ4v) is 3.09. The first-order valence-electron chi connectivity index (χ1n) is 9.40. The van der Waals surface area contributed by atoms with Crippen molar-refractivity contribution < 1.29 is 5.11 Å². The molecular formula is C25H28N2O. The molecule has 2 aromatic carbocycles. The van der Waals surface area contributed by atoms with Crippen molar-refractivity contribution in [1.29, 1.82) is 0 Å². The maximum atomic E-state index is 8.74. The molecule has 28 heavy (non-hydrogen) atoms. The van der Waals surface area contributed by atoms with Crippen LogP contribution in [0.25, 0.3) is 11.1 Å². The average molecular weight is 373 g/mol. The molecule has 3 nitrogen and oxygen atoms in total. The fourth-order valence-electron chi connectivity index (χ4n) is 3.09. The Kier molecular flexibility index (Phi) is 7.90. The van der Waals surface area contributed by atoms with E-state index >= 15 is 0 Å². The predicted octanol–water partition coefficient (Wildman–Crippen LogP) is 3.64. The van der Waals surface area contributed by atoms with Gasteiger partial charge in [-0.05, 0) is 53.8 Å². The summed E-state index contributed by atoms with van der Waals surface area (Å²) in [6.45, 7) is 3.47. The molecule has 144 valence electrons. The third kappa shape index (κ3) is 5.76. The third-order valence-corrected chi connectivity index (χ3v) is 4.78. The van der Waals surface area contributed by atoms with Gasteiger partial charge in [0.05, 0.1) is 12.1 Å². The van der Waals surface area contributed by atoms with Gasteiger partial charge in [0.2, 0.25) is 0 Å². The molecule has 0 amide bonds. The van der Waals surface area contributed by atoms with Crippen LogP contribution in [0.4, 0.5) is 0 Å². The standard InChI is InChI=1S/C22H21NO.C3H7N/c1-2-22(23)15-21(16-22)20-12-10-19(11-13-20)18-8-6-17(7-9-18)5-3-4-14-24;1-3-4-2/h1,6-13,21,24H,4,14-16,23H2;3-4H,1H2,2H3. The van der Waals surface area contributed by atoms with Crippen LogP contribution in [0.2, 0.25) is 0 Å². The van der Waals surface area contributed by atoms with E-state index in [0.717, 1.165) is 18.4 Å². The van der Waals surface area contributed by atoms with Gasteiger partial charge in [0.15, 0.2) is 0 Å². The second kappa shape index (κ2) is 10.4. The van der Waals surface area contributed by atoms with Gasteiger partial charge in [-0.1, -0.05) is 60.7 Å². The lowest BCUT2D eigenvalue weighted by Gasteiger charge is -2.41. The molecule has 2 aromatic rings. The number of nitrogens with one attached hydrogen (secondary N) is 1. The molecule has 1 fully saturated rings. The van der Waals surface area contributed by atoms with E-state index < -0.39 is 5.54 Å². The minimum absolute atomic E-state index is 0.102. The molecule has 0 atom stereocenters. The number of hydrogen-bond acceptors (Lipinski definition) is 3. The number of terminal acetylenes is 1. The highest BCUT2D eigenvalue weighted by Gasteiger charge is 2.40. The van der Waals surface area contributed by atoms with Crippen LogP contribution in [0.3, 0.4) is 0 Å². The zero-order valence-electron chi connectivity index (χ0n) is 16.4. The Hall–Kier alpha value is -2.98. The Balaban J connectivity index is 0.000000640. The fraction of sp³-hybridized carbons (Fsp3) is 0.280. The van der Waals surface area contributed by atoms with Gasteiger partial charge in [0, 0.05) is 19.0 Å². The Morgan fingerprint density at radius 2 is 1.71 bits per heavy atom. The predicted molar refractivity (Wildman–Crippen MR) is 117 cm³/mol. The maximum absolute atomic E-state index is 8.74. The molecule has 0 bridgehead atoms. The van der Waals surface area contributed by atoms with Crippen molar-refractivity contribution in [2.75, 3.05) is 13.7 Å². The van der Waals surface area contributed by atoms with Crippen LogP contribution in [0.5, 0.6) is 0 Å². The summed E-state index contributed by atoms with van der Waals surface area (Å²) < 4.78 is 0. The van der Waals surface area contributed by atoms with Crippen molar-refractivity contribution in [3.63, 3.8) is 0 Å². The first kappa shape index (κ1) is 21.3. The Morgan fingerprint density at radius 1 is 1.18 bits per heavy atom. The van der Waals surface area contributed by atoms with E-state index in [9.17, 15) is 0 Å². The van der Waals surface area contributed by atoms with Gasteiger partial charge in [0.25, 0.3) is 0 Å². The number of rotatable bonds is 4. The molecule has 4 N–H and O–H groups in total.